The van der Waals surface area contributed by atoms with E-state index in [1.807, 2.05) is 0 Å². The lowest BCUT2D eigenvalue weighted by atomic mass is 9.82. The van der Waals surface area contributed by atoms with Gasteiger partial charge in [-0.1, -0.05) is 54.4 Å². The van der Waals surface area contributed by atoms with E-state index in [9.17, 15) is 0 Å². The molecule has 0 amide bonds. The molecule has 0 heterocycles. The van der Waals surface area contributed by atoms with Gasteiger partial charge in [0.05, 0.1) is 0 Å². The Labute approximate surface area is 78.8 Å². The maximum Gasteiger partial charge on any atom is -0.0391 e. The molecule has 0 heteroatoms. The van der Waals surface area contributed by atoms with Crippen LogP contribution >= 0.6 is 0 Å². The summed E-state index contributed by atoms with van der Waals surface area (Å²) in [4.78, 5) is 0. The normalized spacial score (nSPS) is 17.0. The molecule has 0 saturated carbocycles. The van der Waals surface area contributed by atoms with Crippen LogP contribution in [0.2, 0.25) is 0 Å². The SMILES string of the molecule is [CH2]C(C)C(C)C(C)CCC(C)C. The monoisotopic (exact) mass is 169 g/mol. The van der Waals surface area contributed by atoms with Gasteiger partial charge in [0.2, 0.25) is 0 Å². The zero-order valence-corrected chi connectivity index (χ0v) is 9.43. The van der Waals surface area contributed by atoms with E-state index in [0.29, 0.717) is 5.92 Å². The Balaban J connectivity index is 3.64. The molecule has 0 rings (SSSR count). The zero-order chi connectivity index (χ0) is 9.72. The Morgan fingerprint density at radius 2 is 1.42 bits per heavy atom. The summed E-state index contributed by atoms with van der Waals surface area (Å²) in [7, 11) is 0. The fraction of sp³-hybridized carbons (Fsp3) is 0.917. The standard InChI is InChI=1S/C12H25/c1-9(2)7-8-11(5)12(6)10(3)4/h9-12H,3,7-8H2,1-2,4-6H3. The van der Waals surface area contributed by atoms with Gasteiger partial charge >= 0.3 is 0 Å². The van der Waals surface area contributed by atoms with Crippen LogP contribution < -0.4 is 0 Å². The highest BCUT2D eigenvalue weighted by Crippen LogP contribution is 2.24. The largest absolute Gasteiger partial charge is 0.0628 e. The number of hydrogen-bond donors (Lipinski definition) is 0. The molecule has 0 aliphatic heterocycles. The summed E-state index contributed by atoms with van der Waals surface area (Å²) in [6.07, 6.45) is 2.72. The van der Waals surface area contributed by atoms with Crippen LogP contribution in [0.4, 0.5) is 0 Å². The molecule has 1 radical (unpaired) electrons. The molecule has 0 spiro atoms. The van der Waals surface area contributed by atoms with Crippen LogP contribution in [-0.4, -0.2) is 0 Å². The smallest absolute Gasteiger partial charge is 0.0391 e. The summed E-state index contributed by atoms with van der Waals surface area (Å²) >= 11 is 0. The predicted molar refractivity (Wildman–Crippen MR) is 56.9 cm³/mol. The molecule has 0 aliphatic carbocycles. The van der Waals surface area contributed by atoms with Gasteiger partial charge in [0.15, 0.2) is 0 Å². The summed E-state index contributed by atoms with van der Waals surface area (Å²) in [6.45, 7) is 15.6. The Morgan fingerprint density at radius 1 is 0.917 bits per heavy atom. The van der Waals surface area contributed by atoms with Gasteiger partial charge in [-0.15, -0.1) is 0 Å². The van der Waals surface area contributed by atoms with Crippen molar-refractivity contribution in [2.45, 2.75) is 47.5 Å². The second-order valence-electron chi connectivity index (χ2n) is 4.78. The minimum Gasteiger partial charge on any atom is -0.0628 e. The van der Waals surface area contributed by atoms with E-state index in [2.05, 4.69) is 41.5 Å². The van der Waals surface area contributed by atoms with Crippen molar-refractivity contribution in [2.75, 3.05) is 0 Å². The second-order valence-corrected chi connectivity index (χ2v) is 4.78. The highest BCUT2D eigenvalue weighted by molar-refractivity contribution is 4.69. The lowest BCUT2D eigenvalue weighted by molar-refractivity contribution is 0.285. The average molecular weight is 169 g/mol. The molecule has 0 saturated heterocycles. The maximum absolute atomic E-state index is 4.09. The first-order valence-corrected chi connectivity index (χ1v) is 5.28. The van der Waals surface area contributed by atoms with Crippen molar-refractivity contribution in [2.24, 2.45) is 23.7 Å². The highest BCUT2D eigenvalue weighted by Gasteiger charge is 2.15. The minimum absolute atomic E-state index is 0.590. The van der Waals surface area contributed by atoms with Crippen molar-refractivity contribution >= 4 is 0 Å². The van der Waals surface area contributed by atoms with Crippen molar-refractivity contribution in [1.29, 1.82) is 0 Å². The minimum atomic E-state index is 0.590. The topological polar surface area (TPSA) is 0 Å². The predicted octanol–water partition coefficient (Wildman–Crippen LogP) is 4.16. The van der Waals surface area contributed by atoms with E-state index in [-0.39, 0.29) is 0 Å². The van der Waals surface area contributed by atoms with Crippen molar-refractivity contribution in [1.82, 2.24) is 0 Å². The highest BCUT2D eigenvalue weighted by atomic mass is 14.2. The fourth-order valence-corrected chi connectivity index (χ4v) is 1.42. The van der Waals surface area contributed by atoms with Crippen LogP contribution in [0, 0.1) is 30.6 Å². The fourth-order valence-electron chi connectivity index (χ4n) is 1.42. The number of hydrogen-bond acceptors (Lipinski definition) is 0. The lowest BCUT2D eigenvalue weighted by Gasteiger charge is -2.23. The molecule has 0 nitrogen and oxygen atoms in total. The average Bonchev–Trinajstić information content (AvgIpc) is 1.98. The van der Waals surface area contributed by atoms with Crippen LogP contribution in [0.3, 0.4) is 0 Å². The summed E-state index contributed by atoms with van der Waals surface area (Å²) in [5, 5.41) is 0. The molecular weight excluding hydrogens is 144 g/mol. The van der Waals surface area contributed by atoms with Gasteiger partial charge < -0.3 is 0 Å². The summed E-state index contributed by atoms with van der Waals surface area (Å²) in [6, 6.07) is 0. The molecule has 0 aromatic rings. The first-order chi connectivity index (χ1) is 5.45. The number of rotatable bonds is 5. The van der Waals surface area contributed by atoms with E-state index in [0.717, 1.165) is 17.8 Å². The van der Waals surface area contributed by atoms with Gasteiger partial charge in [0.1, 0.15) is 0 Å². The van der Waals surface area contributed by atoms with Gasteiger partial charge in [-0.2, -0.15) is 0 Å². The molecule has 0 aromatic carbocycles. The van der Waals surface area contributed by atoms with Crippen LogP contribution in [0.1, 0.15) is 47.5 Å². The van der Waals surface area contributed by atoms with Crippen LogP contribution in [0.25, 0.3) is 0 Å². The van der Waals surface area contributed by atoms with Gasteiger partial charge in [-0.3, -0.25) is 0 Å². The molecule has 0 fully saturated rings. The molecule has 3 atom stereocenters. The molecule has 3 unspecified atom stereocenters. The summed E-state index contributed by atoms with van der Waals surface area (Å²) in [5.74, 6) is 3.04. The molecule has 0 N–H and O–H groups in total. The zero-order valence-electron chi connectivity index (χ0n) is 9.43. The van der Waals surface area contributed by atoms with Crippen molar-refractivity contribution in [3.8, 4) is 0 Å². The molecule has 0 aromatic heterocycles. The molecular formula is C12H25. The quantitative estimate of drug-likeness (QED) is 0.579. The Bertz CT molecular complexity index is 103. The summed E-state index contributed by atoms with van der Waals surface area (Å²) in [5.41, 5.74) is 0. The first-order valence-electron chi connectivity index (χ1n) is 5.28. The third kappa shape index (κ3) is 4.79. The van der Waals surface area contributed by atoms with Crippen molar-refractivity contribution < 1.29 is 0 Å². The molecule has 73 valence electrons. The van der Waals surface area contributed by atoms with Gasteiger partial charge in [0.25, 0.3) is 0 Å². The van der Waals surface area contributed by atoms with Crippen LogP contribution in [0.5, 0.6) is 0 Å². The molecule has 0 bridgehead atoms. The van der Waals surface area contributed by atoms with E-state index in [1.165, 1.54) is 12.8 Å². The van der Waals surface area contributed by atoms with Gasteiger partial charge in [-0.25, -0.2) is 0 Å². The van der Waals surface area contributed by atoms with E-state index in [1.54, 1.807) is 0 Å². The van der Waals surface area contributed by atoms with Crippen LogP contribution in [0.15, 0.2) is 0 Å². The van der Waals surface area contributed by atoms with E-state index < -0.39 is 0 Å². The van der Waals surface area contributed by atoms with Crippen molar-refractivity contribution in [3.05, 3.63) is 6.92 Å². The Hall–Kier alpha value is 0. The Morgan fingerprint density at radius 3 is 1.75 bits per heavy atom. The molecule has 12 heavy (non-hydrogen) atoms. The third-order valence-electron chi connectivity index (χ3n) is 2.99. The van der Waals surface area contributed by atoms with Gasteiger partial charge in [-0.05, 0) is 23.7 Å². The second kappa shape index (κ2) is 5.61. The molecule has 0 aliphatic rings. The third-order valence-corrected chi connectivity index (χ3v) is 2.99. The maximum atomic E-state index is 4.09. The van der Waals surface area contributed by atoms with E-state index >= 15 is 0 Å². The first kappa shape index (κ1) is 12.0. The van der Waals surface area contributed by atoms with E-state index in [4.69, 9.17) is 0 Å². The van der Waals surface area contributed by atoms with Gasteiger partial charge in [0, 0.05) is 0 Å². The summed E-state index contributed by atoms with van der Waals surface area (Å²) < 4.78 is 0. The van der Waals surface area contributed by atoms with Crippen molar-refractivity contribution in [3.63, 3.8) is 0 Å². The lowest BCUT2D eigenvalue weighted by Crippen LogP contribution is -2.14. The Kier molecular flexibility index (Phi) is 5.61. The van der Waals surface area contributed by atoms with Crippen LogP contribution in [-0.2, 0) is 0 Å².